The second-order valence-electron chi connectivity index (χ2n) is 4.49. The van der Waals surface area contributed by atoms with Crippen LogP contribution in [-0.2, 0) is 6.42 Å². The normalized spacial score (nSPS) is 19.8. The summed E-state index contributed by atoms with van der Waals surface area (Å²) >= 11 is 2.02. The van der Waals surface area contributed by atoms with Crippen molar-refractivity contribution in [2.45, 2.75) is 36.8 Å². The molecular formula is C14H15NS. The van der Waals surface area contributed by atoms with E-state index in [0.29, 0.717) is 0 Å². The van der Waals surface area contributed by atoms with Crippen LogP contribution >= 0.6 is 11.8 Å². The lowest BCUT2D eigenvalue weighted by molar-refractivity contribution is 0.773. The Hall–Kier alpha value is -1.02. The molecule has 0 N–H and O–H groups in total. The highest BCUT2D eigenvalue weighted by atomic mass is 32.2. The molecule has 16 heavy (non-hydrogen) atoms. The van der Waals surface area contributed by atoms with E-state index in [9.17, 15) is 0 Å². The highest BCUT2D eigenvalue weighted by molar-refractivity contribution is 8.00. The number of benzene rings is 1. The number of nitrogens with zero attached hydrogens (tertiary/aromatic N) is 1. The van der Waals surface area contributed by atoms with Crippen molar-refractivity contribution in [3.8, 4) is 0 Å². The van der Waals surface area contributed by atoms with Gasteiger partial charge in [0.2, 0.25) is 0 Å². The molecule has 0 aliphatic carbocycles. The molecule has 0 radical (unpaired) electrons. The Kier molecular flexibility index (Phi) is 2.40. The van der Waals surface area contributed by atoms with Gasteiger partial charge in [0.1, 0.15) is 0 Å². The van der Waals surface area contributed by atoms with Crippen LogP contribution in [0.1, 0.15) is 24.6 Å². The summed E-state index contributed by atoms with van der Waals surface area (Å²) in [7, 11) is 0. The van der Waals surface area contributed by atoms with Gasteiger partial charge in [0.05, 0.1) is 5.52 Å². The van der Waals surface area contributed by atoms with Crippen molar-refractivity contribution in [1.29, 1.82) is 0 Å². The number of hydrogen-bond acceptors (Lipinski definition) is 2. The molecule has 0 fully saturated rings. The summed E-state index contributed by atoms with van der Waals surface area (Å²) in [5, 5.41) is 2.07. The minimum absolute atomic E-state index is 0.734. The predicted octanol–water partition coefficient (Wildman–Crippen LogP) is 3.97. The lowest BCUT2D eigenvalue weighted by atomic mass is 10.0. The average Bonchev–Trinajstić information content (AvgIpc) is 2.29. The Balaban J connectivity index is 2.33. The topological polar surface area (TPSA) is 12.9 Å². The van der Waals surface area contributed by atoms with Crippen LogP contribution in [-0.4, -0.2) is 10.2 Å². The molecule has 2 heteroatoms. The molecule has 1 aromatic heterocycles. The first kappa shape index (κ1) is 10.2. The number of para-hydroxylation sites is 1. The van der Waals surface area contributed by atoms with Gasteiger partial charge in [0.25, 0.3) is 0 Å². The van der Waals surface area contributed by atoms with Gasteiger partial charge in [-0.05, 0) is 31.4 Å². The number of thioether (sulfide) groups is 1. The van der Waals surface area contributed by atoms with Gasteiger partial charge >= 0.3 is 0 Å². The molecular weight excluding hydrogens is 214 g/mol. The van der Waals surface area contributed by atoms with E-state index in [1.54, 1.807) is 0 Å². The summed E-state index contributed by atoms with van der Waals surface area (Å²) in [6, 6.07) is 8.49. The Morgan fingerprint density at radius 3 is 3.00 bits per heavy atom. The van der Waals surface area contributed by atoms with Gasteiger partial charge in [0.15, 0.2) is 0 Å². The summed E-state index contributed by atoms with van der Waals surface area (Å²) in [6.45, 7) is 4.46. The summed E-state index contributed by atoms with van der Waals surface area (Å²) in [5.74, 6) is 0. The Morgan fingerprint density at radius 2 is 2.12 bits per heavy atom. The van der Waals surface area contributed by atoms with E-state index in [2.05, 4.69) is 38.1 Å². The first-order valence-electron chi connectivity index (χ1n) is 5.80. The molecule has 1 unspecified atom stereocenters. The molecule has 0 amide bonds. The van der Waals surface area contributed by atoms with E-state index >= 15 is 0 Å². The molecule has 1 aromatic carbocycles. The molecule has 1 nitrogen and oxygen atoms in total. The van der Waals surface area contributed by atoms with Crippen molar-refractivity contribution in [3.63, 3.8) is 0 Å². The molecule has 0 saturated carbocycles. The smallest absolute Gasteiger partial charge is 0.0716 e. The fourth-order valence-electron chi connectivity index (χ4n) is 2.37. The van der Waals surface area contributed by atoms with Gasteiger partial charge in [-0.1, -0.05) is 25.1 Å². The molecule has 3 rings (SSSR count). The van der Waals surface area contributed by atoms with Gasteiger partial charge in [-0.15, -0.1) is 11.8 Å². The molecule has 2 aromatic rings. The van der Waals surface area contributed by atoms with E-state index in [-0.39, 0.29) is 0 Å². The highest BCUT2D eigenvalue weighted by Gasteiger charge is 2.20. The van der Waals surface area contributed by atoms with Gasteiger partial charge in [-0.25, -0.2) is 0 Å². The fraction of sp³-hybridized carbons (Fsp3) is 0.357. The fourth-order valence-corrected chi connectivity index (χ4v) is 3.70. The van der Waals surface area contributed by atoms with Crippen LogP contribution in [0.4, 0.5) is 0 Å². The first-order valence-corrected chi connectivity index (χ1v) is 6.68. The summed E-state index contributed by atoms with van der Waals surface area (Å²) in [5.41, 5.74) is 3.83. The van der Waals surface area contributed by atoms with Gasteiger partial charge in [-0.2, -0.15) is 0 Å². The average molecular weight is 229 g/mol. The van der Waals surface area contributed by atoms with Gasteiger partial charge in [0, 0.05) is 21.2 Å². The second-order valence-corrected chi connectivity index (χ2v) is 5.94. The van der Waals surface area contributed by atoms with Crippen molar-refractivity contribution in [1.82, 2.24) is 4.98 Å². The molecule has 0 saturated heterocycles. The molecule has 1 aliphatic rings. The third-order valence-corrected chi connectivity index (χ3v) is 4.61. The van der Waals surface area contributed by atoms with Crippen molar-refractivity contribution >= 4 is 22.7 Å². The van der Waals surface area contributed by atoms with Crippen molar-refractivity contribution < 1.29 is 0 Å². The number of rotatable bonds is 0. The molecule has 82 valence electrons. The van der Waals surface area contributed by atoms with Crippen molar-refractivity contribution in [2.75, 3.05) is 0 Å². The van der Waals surface area contributed by atoms with E-state index in [1.165, 1.54) is 34.4 Å². The Bertz CT molecular complexity index is 548. The summed E-state index contributed by atoms with van der Waals surface area (Å²) < 4.78 is 0. The van der Waals surface area contributed by atoms with Crippen LogP contribution in [0.5, 0.6) is 0 Å². The van der Waals surface area contributed by atoms with E-state index < -0.39 is 0 Å². The van der Waals surface area contributed by atoms with Crippen molar-refractivity contribution in [3.05, 3.63) is 35.5 Å². The Labute approximate surface area is 100 Å². The zero-order valence-electron chi connectivity index (χ0n) is 9.66. The highest BCUT2D eigenvalue weighted by Crippen LogP contribution is 2.40. The molecule has 0 spiro atoms. The third kappa shape index (κ3) is 1.52. The monoisotopic (exact) mass is 229 g/mol. The second kappa shape index (κ2) is 3.77. The standard InChI is InChI=1S/C14H15NS/c1-9-7-8-11-10(2)15-13-6-4-3-5-12(13)14(11)16-9/h3-6,9H,7-8H2,1-2H3. The molecule has 1 atom stereocenters. The molecule has 2 heterocycles. The quantitative estimate of drug-likeness (QED) is 0.678. The number of hydrogen-bond donors (Lipinski definition) is 0. The van der Waals surface area contributed by atoms with Crippen LogP contribution in [0.2, 0.25) is 0 Å². The third-order valence-electron chi connectivity index (χ3n) is 3.27. The molecule has 0 bridgehead atoms. The van der Waals surface area contributed by atoms with Crippen LogP contribution in [0.3, 0.4) is 0 Å². The minimum atomic E-state index is 0.734. The Morgan fingerprint density at radius 1 is 1.31 bits per heavy atom. The lowest BCUT2D eigenvalue weighted by Gasteiger charge is -2.23. The van der Waals surface area contributed by atoms with Crippen LogP contribution in [0.15, 0.2) is 29.2 Å². The summed E-state index contributed by atoms with van der Waals surface area (Å²) in [4.78, 5) is 6.17. The van der Waals surface area contributed by atoms with Gasteiger partial charge < -0.3 is 0 Å². The number of aryl methyl sites for hydroxylation is 1. The van der Waals surface area contributed by atoms with Crippen LogP contribution < -0.4 is 0 Å². The van der Waals surface area contributed by atoms with Crippen molar-refractivity contribution in [2.24, 2.45) is 0 Å². The maximum absolute atomic E-state index is 4.70. The number of fused-ring (bicyclic) bond motifs is 3. The molecule has 1 aliphatic heterocycles. The van der Waals surface area contributed by atoms with E-state index in [1.807, 2.05) is 11.8 Å². The lowest BCUT2D eigenvalue weighted by Crippen LogP contribution is -2.09. The minimum Gasteiger partial charge on any atom is -0.253 e. The zero-order valence-corrected chi connectivity index (χ0v) is 10.5. The maximum atomic E-state index is 4.70. The zero-order chi connectivity index (χ0) is 11.1. The number of pyridine rings is 1. The van der Waals surface area contributed by atoms with Crippen LogP contribution in [0.25, 0.3) is 10.9 Å². The van der Waals surface area contributed by atoms with Crippen LogP contribution in [0, 0.1) is 6.92 Å². The largest absolute Gasteiger partial charge is 0.253 e. The summed E-state index contributed by atoms with van der Waals surface area (Å²) in [6.07, 6.45) is 2.46. The van der Waals surface area contributed by atoms with Gasteiger partial charge in [-0.3, -0.25) is 4.98 Å². The van der Waals surface area contributed by atoms with E-state index in [0.717, 1.165) is 10.8 Å². The van der Waals surface area contributed by atoms with E-state index in [4.69, 9.17) is 4.98 Å². The maximum Gasteiger partial charge on any atom is 0.0716 e. The number of aromatic nitrogens is 1. The SMILES string of the molecule is Cc1nc2ccccc2c2c1CCC(C)S2. The predicted molar refractivity (Wildman–Crippen MR) is 70.1 cm³/mol. The first-order chi connectivity index (χ1) is 7.75.